The van der Waals surface area contributed by atoms with Gasteiger partial charge in [-0.3, -0.25) is 0 Å². The zero-order valence-electron chi connectivity index (χ0n) is 7.98. The van der Waals surface area contributed by atoms with Crippen molar-refractivity contribution >= 4 is 0 Å². The first kappa shape index (κ1) is 10.5. The van der Waals surface area contributed by atoms with Gasteiger partial charge in [0.2, 0.25) is 0 Å². The van der Waals surface area contributed by atoms with Gasteiger partial charge in [0.15, 0.2) is 0 Å². The second-order valence-corrected chi connectivity index (χ2v) is 3.10. The molecule has 2 nitrogen and oxygen atoms in total. The number of rotatable bonds is 4. The van der Waals surface area contributed by atoms with E-state index in [0.717, 1.165) is 18.6 Å². The fourth-order valence-corrected chi connectivity index (χ4v) is 1.22. The molecule has 0 aromatic carbocycles. The van der Waals surface area contributed by atoms with E-state index in [4.69, 9.17) is 10.7 Å². The standard InChI is InChI=1S/C9H19NO/c1-5-6-9(7(2)3)8(4)11-10/h7H,5-6,10H2,1-4H3/b9-8+. The summed E-state index contributed by atoms with van der Waals surface area (Å²) in [6.45, 7) is 8.40. The van der Waals surface area contributed by atoms with E-state index < -0.39 is 0 Å². The van der Waals surface area contributed by atoms with Crippen LogP contribution in [0.2, 0.25) is 0 Å². The highest BCUT2D eigenvalue weighted by molar-refractivity contribution is 5.08. The number of hydrogen-bond acceptors (Lipinski definition) is 2. The monoisotopic (exact) mass is 157 g/mol. The molecule has 0 fully saturated rings. The van der Waals surface area contributed by atoms with Crippen molar-refractivity contribution in [1.29, 1.82) is 0 Å². The second-order valence-electron chi connectivity index (χ2n) is 3.10. The van der Waals surface area contributed by atoms with Crippen molar-refractivity contribution in [2.24, 2.45) is 11.8 Å². The smallest absolute Gasteiger partial charge is 0.120 e. The molecule has 0 radical (unpaired) electrons. The Morgan fingerprint density at radius 3 is 2.27 bits per heavy atom. The maximum absolute atomic E-state index is 5.08. The van der Waals surface area contributed by atoms with Crippen LogP contribution in [-0.2, 0) is 4.84 Å². The molecule has 0 spiro atoms. The van der Waals surface area contributed by atoms with Crippen LogP contribution in [-0.4, -0.2) is 0 Å². The van der Waals surface area contributed by atoms with Gasteiger partial charge in [-0.2, -0.15) is 5.90 Å². The minimum atomic E-state index is 0.540. The highest BCUT2D eigenvalue weighted by atomic mass is 16.6. The molecule has 0 unspecified atom stereocenters. The van der Waals surface area contributed by atoms with Crippen molar-refractivity contribution in [2.75, 3.05) is 0 Å². The summed E-state index contributed by atoms with van der Waals surface area (Å²) in [6.07, 6.45) is 2.23. The van der Waals surface area contributed by atoms with Crippen molar-refractivity contribution in [3.8, 4) is 0 Å². The predicted molar refractivity (Wildman–Crippen MR) is 47.7 cm³/mol. The molecule has 11 heavy (non-hydrogen) atoms. The molecule has 0 aliphatic heterocycles. The van der Waals surface area contributed by atoms with Crippen LogP contribution in [0.5, 0.6) is 0 Å². The van der Waals surface area contributed by atoms with Gasteiger partial charge in [0.25, 0.3) is 0 Å². The quantitative estimate of drug-likeness (QED) is 0.503. The third-order valence-electron chi connectivity index (χ3n) is 1.85. The molecule has 0 aliphatic rings. The van der Waals surface area contributed by atoms with Gasteiger partial charge in [0.05, 0.1) is 0 Å². The second kappa shape index (κ2) is 5.19. The van der Waals surface area contributed by atoms with E-state index >= 15 is 0 Å². The normalized spacial score (nSPS) is 13.3. The topological polar surface area (TPSA) is 35.2 Å². The van der Waals surface area contributed by atoms with E-state index in [-0.39, 0.29) is 0 Å². The van der Waals surface area contributed by atoms with E-state index in [2.05, 4.69) is 20.8 Å². The number of nitrogens with two attached hydrogens (primary N) is 1. The van der Waals surface area contributed by atoms with Crippen LogP contribution in [0.1, 0.15) is 40.5 Å². The molecule has 0 atom stereocenters. The Morgan fingerprint density at radius 2 is 2.00 bits per heavy atom. The summed E-state index contributed by atoms with van der Waals surface area (Å²) in [7, 11) is 0. The summed E-state index contributed by atoms with van der Waals surface area (Å²) in [5, 5.41) is 0. The summed E-state index contributed by atoms with van der Waals surface area (Å²) >= 11 is 0. The fourth-order valence-electron chi connectivity index (χ4n) is 1.22. The van der Waals surface area contributed by atoms with Crippen LogP contribution in [0.15, 0.2) is 11.3 Å². The highest BCUT2D eigenvalue weighted by Gasteiger charge is 2.06. The highest BCUT2D eigenvalue weighted by Crippen LogP contribution is 2.19. The summed E-state index contributed by atoms with van der Waals surface area (Å²) in [4.78, 5) is 4.71. The minimum absolute atomic E-state index is 0.540. The van der Waals surface area contributed by atoms with Crippen LogP contribution < -0.4 is 5.90 Å². The first-order valence-corrected chi connectivity index (χ1v) is 4.19. The van der Waals surface area contributed by atoms with Crippen molar-refractivity contribution in [2.45, 2.75) is 40.5 Å². The van der Waals surface area contributed by atoms with Gasteiger partial charge in [-0.05, 0) is 24.8 Å². The van der Waals surface area contributed by atoms with Gasteiger partial charge in [-0.1, -0.05) is 27.2 Å². The van der Waals surface area contributed by atoms with Crippen LogP contribution in [0.3, 0.4) is 0 Å². The summed E-state index contributed by atoms with van der Waals surface area (Å²) < 4.78 is 0. The average Bonchev–Trinajstić information content (AvgIpc) is 1.98. The molecule has 0 saturated carbocycles. The van der Waals surface area contributed by atoms with Crippen LogP contribution >= 0.6 is 0 Å². The van der Waals surface area contributed by atoms with Crippen LogP contribution in [0, 0.1) is 5.92 Å². The Kier molecular flexibility index (Phi) is 4.95. The molecular formula is C9H19NO. The molecule has 0 aromatic rings. The Morgan fingerprint density at radius 1 is 1.45 bits per heavy atom. The van der Waals surface area contributed by atoms with Crippen molar-refractivity contribution in [3.05, 3.63) is 11.3 Å². The zero-order chi connectivity index (χ0) is 8.85. The van der Waals surface area contributed by atoms with E-state index in [1.807, 2.05) is 6.92 Å². The molecule has 0 bridgehead atoms. The molecule has 0 rings (SSSR count). The van der Waals surface area contributed by atoms with Gasteiger partial charge in [0, 0.05) is 0 Å². The molecule has 0 aliphatic carbocycles. The molecule has 0 amide bonds. The molecule has 0 aromatic heterocycles. The first-order valence-electron chi connectivity index (χ1n) is 4.19. The van der Waals surface area contributed by atoms with Crippen LogP contribution in [0.25, 0.3) is 0 Å². The van der Waals surface area contributed by atoms with Gasteiger partial charge in [-0.25, -0.2) is 0 Å². The lowest BCUT2D eigenvalue weighted by Gasteiger charge is -2.12. The first-order chi connectivity index (χ1) is 5.13. The Hall–Kier alpha value is -0.500. The molecule has 66 valence electrons. The number of allylic oxidation sites excluding steroid dienone is 2. The van der Waals surface area contributed by atoms with Crippen molar-refractivity contribution in [3.63, 3.8) is 0 Å². The summed E-state index contributed by atoms with van der Waals surface area (Å²) in [5.41, 5.74) is 1.33. The minimum Gasteiger partial charge on any atom is -0.416 e. The van der Waals surface area contributed by atoms with Gasteiger partial charge in [0.1, 0.15) is 5.76 Å². The van der Waals surface area contributed by atoms with E-state index in [9.17, 15) is 0 Å². The van der Waals surface area contributed by atoms with Crippen molar-refractivity contribution in [1.82, 2.24) is 0 Å². The van der Waals surface area contributed by atoms with Crippen LogP contribution in [0.4, 0.5) is 0 Å². The molecular weight excluding hydrogens is 138 g/mol. The fraction of sp³-hybridized carbons (Fsp3) is 0.778. The summed E-state index contributed by atoms with van der Waals surface area (Å²) in [5.74, 6) is 6.50. The average molecular weight is 157 g/mol. The maximum atomic E-state index is 5.08. The third kappa shape index (κ3) is 3.42. The van der Waals surface area contributed by atoms with Gasteiger partial charge in [-0.15, -0.1) is 0 Å². The predicted octanol–water partition coefficient (Wildman–Crippen LogP) is 2.61. The Bertz CT molecular complexity index is 138. The largest absolute Gasteiger partial charge is 0.416 e. The van der Waals surface area contributed by atoms with Gasteiger partial charge < -0.3 is 4.84 Å². The molecule has 2 heteroatoms. The van der Waals surface area contributed by atoms with Gasteiger partial charge >= 0.3 is 0 Å². The maximum Gasteiger partial charge on any atom is 0.120 e. The van der Waals surface area contributed by atoms with E-state index in [1.54, 1.807) is 0 Å². The Labute approximate surface area is 69.4 Å². The molecule has 0 heterocycles. The molecule has 2 N–H and O–H groups in total. The third-order valence-corrected chi connectivity index (χ3v) is 1.85. The summed E-state index contributed by atoms with van der Waals surface area (Å²) in [6, 6.07) is 0. The Balaban J connectivity index is 4.30. The SMILES string of the molecule is CCC/C(=C(/C)ON)C(C)C. The lowest BCUT2D eigenvalue weighted by Crippen LogP contribution is -2.04. The van der Waals surface area contributed by atoms with Crippen molar-refractivity contribution < 1.29 is 4.84 Å². The van der Waals surface area contributed by atoms with E-state index in [0.29, 0.717) is 5.92 Å². The number of hydrogen-bond donors (Lipinski definition) is 1. The molecule has 0 saturated heterocycles. The zero-order valence-corrected chi connectivity index (χ0v) is 7.98. The lowest BCUT2D eigenvalue weighted by atomic mass is 9.98. The lowest BCUT2D eigenvalue weighted by molar-refractivity contribution is 0.214. The van der Waals surface area contributed by atoms with E-state index in [1.165, 1.54) is 5.57 Å².